The highest BCUT2D eigenvalue weighted by molar-refractivity contribution is 5.81. The molecule has 0 bridgehead atoms. The Kier molecular flexibility index (Phi) is 16.1. The second-order valence-electron chi connectivity index (χ2n) is 11.8. The second-order valence-corrected chi connectivity index (χ2v) is 11.8. The molecule has 0 aliphatic carbocycles. The fourth-order valence-corrected chi connectivity index (χ4v) is 4.93. The van der Waals surface area contributed by atoms with E-state index in [1.165, 1.54) is 0 Å². The molecule has 3 heterocycles. The summed E-state index contributed by atoms with van der Waals surface area (Å²) in [6.07, 6.45) is 10.3. The molecule has 0 amide bonds. The van der Waals surface area contributed by atoms with Crippen molar-refractivity contribution in [1.29, 1.82) is 0 Å². The van der Waals surface area contributed by atoms with Crippen molar-refractivity contribution in [3.05, 3.63) is 110 Å². The zero-order valence-corrected chi connectivity index (χ0v) is 30.0. The SMILES string of the molecule is C=CC(=O)OCCCCOc1cnc(-c2ccc(CO[C@H]3OCCO[C@@H]3OCc3ccc(-c4ncc(OCCCCOC(=O)C=C)cn4)cc3)cc2)nc1. The number of nitrogens with zero attached hydrogens (tertiary/aromatic N) is 4. The Morgan fingerprint density at radius 1 is 0.593 bits per heavy atom. The number of carbonyl (C=O) groups excluding carboxylic acids is 2. The van der Waals surface area contributed by atoms with Crippen molar-refractivity contribution < 1.29 is 47.5 Å². The van der Waals surface area contributed by atoms with E-state index >= 15 is 0 Å². The zero-order chi connectivity index (χ0) is 37.8. The van der Waals surface area contributed by atoms with Gasteiger partial charge in [0, 0.05) is 23.3 Å². The molecule has 0 saturated carbocycles. The van der Waals surface area contributed by atoms with Crippen molar-refractivity contribution in [2.75, 3.05) is 39.6 Å². The first-order chi connectivity index (χ1) is 26.5. The quantitative estimate of drug-likeness (QED) is 0.0540. The van der Waals surface area contributed by atoms with E-state index < -0.39 is 24.5 Å². The van der Waals surface area contributed by atoms with Crippen LogP contribution in [-0.4, -0.2) is 84.1 Å². The van der Waals surface area contributed by atoms with E-state index in [1.807, 2.05) is 48.5 Å². The summed E-state index contributed by atoms with van der Waals surface area (Å²) in [4.78, 5) is 39.8. The lowest BCUT2D eigenvalue weighted by Gasteiger charge is -2.31. The minimum atomic E-state index is -0.695. The summed E-state index contributed by atoms with van der Waals surface area (Å²) in [5, 5.41) is 0. The van der Waals surface area contributed by atoms with Crippen LogP contribution in [0.4, 0.5) is 0 Å². The van der Waals surface area contributed by atoms with Gasteiger partial charge in [-0.15, -0.1) is 0 Å². The fourth-order valence-electron chi connectivity index (χ4n) is 4.93. The van der Waals surface area contributed by atoms with E-state index in [2.05, 4.69) is 33.1 Å². The molecule has 0 N–H and O–H groups in total. The van der Waals surface area contributed by atoms with Crippen LogP contribution in [-0.2, 0) is 51.2 Å². The van der Waals surface area contributed by atoms with Gasteiger partial charge in [-0.1, -0.05) is 61.7 Å². The van der Waals surface area contributed by atoms with Gasteiger partial charge in [-0.25, -0.2) is 29.5 Å². The van der Waals surface area contributed by atoms with Crippen LogP contribution in [0.2, 0.25) is 0 Å². The number of benzene rings is 2. The number of hydrogen-bond acceptors (Lipinski definition) is 14. The van der Waals surface area contributed by atoms with E-state index in [1.54, 1.807) is 24.8 Å². The summed E-state index contributed by atoms with van der Waals surface area (Å²) in [5.41, 5.74) is 3.58. The maximum atomic E-state index is 11.1. The van der Waals surface area contributed by atoms with Crippen LogP contribution in [0.1, 0.15) is 36.8 Å². The predicted octanol–water partition coefficient (Wildman–Crippen LogP) is 5.81. The summed E-state index contributed by atoms with van der Waals surface area (Å²) in [5.74, 6) is 1.42. The van der Waals surface area contributed by atoms with E-state index in [-0.39, 0.29) is 0 Å². The van der Waals surface area contributed by atoms with Crippen LogP contribution in [0, 0.1) is 0 Å². The van der Waals surface area contributed by atoms with Crippen molar-refractivity contribution in [3.8, 4) is 34.3 Å². The lowest BCUT2D eigenvalue weighted by molar-refractivity contribution is -0.326. The third kappa shape index (κ3) is 13.1. The molecule has 2 aromatic heterocycles. The molecule has 0 spiro atoms. The van der Waals surface area contributed by atoms with Crippen LogP contribution in [0.25, 0.3) is 22.8 Å². The molecule has 4 aromatic rings. The first-order valence-electron chi connectivity index (χ1n) is 17.6. The Balaban J connectivity index is 1.01. The Morgan fingerprint density at radius 2 is 0.963 bits per heavy atom. The van der Waals surface area contributed by atoms with Crippen molar-refractivity contribution >= 4 is 11.9 Å². The highest BCUT2D eigenvalue weighted by atomic mass is 16.8. The third-order valence-electron chi connectivity index (χ3n) is 7.82. The molecular formula is C40H44N4O10. The molecule has 14 heteroatoms. The molecule has 1 saturated heterocycles. The first kappa shape index (κ1) is 39.7. The maximum Gasteiger partial charge on any atom is 0.330 e. The summed E-state index contributed by atoms with van der Waals surface area (Å²) in [7, 11) is 0. The van der Waals surface area contributed by atoms with E-state index in [0.29, 0.717) is 88.8 Å². The van der Waals surface area contributed by atoms with Crippen LogP contribution >= 0.6 is 0 Å². The van der Waals surface area contributed by atoms with Gasteiger partial charge in [0.25, 0.3) is 0 Å². The molecule has 2 aromatic carbocycles. The Bertz CT molecular complexity index is 1620. The lowest BCUT2D eigenvalue weighted by atomic mass is 10.1. The Hall–Kier alpha value is -5.54. The number of ether oxygens (including phenoxy) is 8. The molecule has 1 fully saturated rings. The highest BCUT2D eigenvalue weighted by Crippen LogP contribution is 2.22. The maximum absolute atomic E-state index is 11.1. The van der Waals surface area contributed by atoms with Crippen molar-refractivity contribution in [1.82, 2.24) is 19.9 Å². The fraction of sp³-hybridized carbons (Fsp3) is 0.350. The van der Waals surface area contributed by atoms with Gasteiger partial charge < -0.3 is 37.9 Å². The number of esters is 2. The second kappa shape index (κ2) is 21.9. The summed E-state index contributed by atoms with van der Waals surface area (Å²) >= 11 is 0. The van der Waals surface area contributed by atoms with Crippen molar-refractivity contribution in [3.63, 3.8) is 0 Å². The molecule has 2 atom stereocenters. The molecule has 14 nitrogen and oxygen atoms in total. The topological polar surface area (TPSA) is 160 Å². The third-order valence-corrected chi connectivity index (χ3v) is 7.82. The average molecular weight is 741 g/mol. The van der Waals surface area contributed by atoms with Crippen LogP contribution < -0.4 is 9.47 Å². The van der Waals surface area contributed by atoms with E-state index in [4.69, 9.17) is 37.9 Å². The standard InChI is InChI=1S/C40H44N4O10/c1-3-35(45)49-19-7-5-17-47-33-23-41-37(42-24-33)31-13-9-29(10-14-31)27-53-39-40(52-22-21-51-39)54-28-30-11-15-32(16-12-30)38-43-25-34(26-44-38)48-18-6-8-20-50-36(46)4-2/h3-4,9-16,23-26,39-40H,1-2,5-8,17-22,27-28H2/t39-,40-/m1/s1. The average Bonchev–Trinajstić information content (AvgIpc) is 3.22. The van der Waals surface area contributed by atoms with Gasteiger partial charge in [0.2, 0.25) is 12.6 Å². The molecule has 0 radical (unpaired) electrons. The molecule has 284 valence electrons. The van der Waals surface area contributed by atoms with Gasteiger partial charge in [-0.05, 0) is 36.8 Å². The molecule has 1 aliphatic rings. The molecule has 5 rings (SSSR count). The van der Waals surface area contributed by atoms with Gasteiger partial charge in [0.1, 0.15) is 0 Å². The Morgan fingerprint density at radius 3 is 1.33 bits per heavy atom. The van der Waals surface area contributed by atoms with E-state index in [9.17, 15) is 9.59 Å². The van der Waals surface area contributed by atoms with Crippen LogP contribution in [0.5, 0.6) is 11.5 Å². The molecule has 1 aliphatic heterocycles. The minimum absolute atomic E-state index is 0.292. The van der Waals surface area contributed by atoms with Gasteiger partial charge in [0.05, 0.1) is 77.6 Å². The summed E-state index contributed by atoms with van der Waals surface area (Å²) in [6, 6.07) is 15.5. The van der Waals surface area contributed by atoms with Crippen LogP contribution in [0.15, 0.2) is 98.6 Å². The number of rotatable bonds is 22. The van der Waals surface area contributed by atoms with Gasteiger partial charge in [-0.3, -0.25) is 0 Å². The lowest BCUT2D eigenvalue weighted by Crippen LogP contribution is -2.41. The summed E-state index contributed by atoms with van der Waals surface area (Å²) in [6.45, 7) is 9.70. The first-order valence-corrected chi connectivity index (χ1v) is 17.6. The zero-order valence-electron chi connectivity index (χ0n) is 30.0. The molecular weight excluding hydrogens is 696 g/mol. The number of unbranched alkanes of at least 4 members (excludes halogenated alkanes) is 2. The van der Waals surface area contributed by atoms with Crippen molar-refractivity contribution in [2.45, 2.75) is 51.5 Å². The largest absolute Gasteiger partial charge is 0.490 e. The number of aromatic nitrogens is 4. The Labute approximate surface area is 314 Å². The highest BCUT2D eigenvalue weighted by Gasteiger charge is 2.29. The van der Waals surface area contributed by atoms with Crippen LogP contribution in [0.3, 0.4) is 0 Å². The van der Waals surface area contributed by atoms with Crippen molar-refractivity contribution in [2.24, 2.45) is 0 Å². The molecule has 0 unspecified atom stereocenters. The number of carbonyl (C=O) groups is 2. The number of hydrogen-bond donors (Lipinski definition) is 0. The van der Waals surface area contributed by atoms with Gasteiger partial charge in [-0.2, -0.15) is 0 Å². The summed E-state index contributed by atoms with van der Waals surface area (Å²) < 4.78 is 45.0. The smallest absolute Gasteiger partial charge is 0.330 e. The minimum Gasteiger partial charge on any atom is -0.490 e. The monoisotopic (exact) mass is 740 g/mol. The molecule has 54 heavy (non-hydrogen) atoms. The van der Waals surface area contributed by atoms with Gasteiger partial charge >= 0.3 is 11.9 Å². The predicted molar refractivity (Wildman–Crippen MR) is 196 cm³/mol. The van der Waals surface area contributed by atoms with Gasteiger partial charge in [0.15, 0.2) is 23.1 Å². The van der Waals surface area contributed by atoms with E-state index in [0.717, 1.165) is 47.2 Å². The normalized spacial score (nSPS) is 15.2.